The van der Waals surface area contributed by atoms with Crippen LogP contribution in [0.5, 0.6) is 0 Å². The first-order valence-electron chi connectivity index (χ1n) is 4.29. The molecule has 0 atom stereocenters. The smallest absolute Gasteiger partial charge is 0.250 e. The van der Waals surface area contributed by atoms with Crippen LogP contribution < -0.4 is 10.5 Å². The maximum absolute atomic E-state index is 11.7. The molecule has 3 N–H and O–H groups in total. The lowest BCUT2D eigenvalue weighted by Gasteiger charge is -2.09. The Kier molecular flexibility index (Phi) is 2.09. The Balaban J connectivity index is 2.24. The Morgan fingerprint density at radius 2 is 2.21 bits per heavy atom. The van der Waals surface area contributed by atoms with Gasteiger partial charge in [0.2, 0.25) is 0 Å². The van der Waals surface area contributed by atoms with Gasteiger partial charge in [-0.1, -0.05) is 0 Å². The van der Waals surface area contributed by atoms with Gasteiger partial charge in [-0.3, -0.25) is 0 Å². The van der Waals surface area contributed by atoms with E-state index in [0.717, 1.165) is 24.2 Å². The molecule has 1 fully saturated rings. The lowest BCUT2D eigenvalue weighted by molar-refractivity contribution is 0.560. The van der Waals surface area contributed by atoms with E-state index in [2.05, 4.69) is 4.72 Å². The lowest BCUT2D eigenvalue weighted by Crippen LogP contribution is -2.33. The minimum atomic E-state index is -3.35. The van der Waals surface area contributed by atoms with Crippen LogP contribution in [-0.4, -0.2) is 14.0 Å². The number of rotatable bonds is 3. The molecule has 1 heterocycles. The third kappa shape index (κ3) is 1.92. The fraction of sp³-hybridized carbons (Fsp3) is 0.500. The van der Waals surface area contributed by atoms with Gasteiger partial charge >= 0.3 is 0 Å². The Bertz CT molecular complexity index is 446. The average molecular weight is 232 g/mol. The molecule has 1 aliphatic rings. The van der Waals surface area contributed by atoms with E-state index in [1.54, 1.807) is 5.38 Å². The summed E-state index contributed by atoms with van der Waals surface area (Å²) in [6.45, 7) is 1.90. The fourth-order valence-electron chi connectivity index (χ4n) is 1.14. The predicted octanol–water partition coefficient (Wildman–Crippen LogP) is 1.16. The van der Waals surface area contributed by atoms with Gasteiger partial charge in [0.05, 0.1) is 0 Å². The van der Waals surface area contributed by atoms with E-state index in [9.17, 15) is 8.42 Å². The van der Waals surface area contributed by atoms with E-state index in [1.807, 2.05) is 6.92 Å². The molecule has 0 aromatic carbocycles. The van der Waals surface area contributed by atoms with Crippen LogP contribution in [0.2, 0.25) is 0 Å². The second-order valence-corrected chi connectivity index (χ2v) is 6.69. The van der Waals surface area contributed by atoms with Gasteiger partial charge in [0.25, 0.3) is 10.0 Å². The quantitative estimate of drug-likeness (QED) is 0.821. The summed E-state index contributed by atoms with van der Waals surface area (Å²) in [4.78, 5) is 0. The van der Waals surface area contributed by atoms with Crippen molar-refractivity contribution in [2.75, 3.05) is 5.73 Å². The zero-order valence-electron chi connectivity index (χ0n) is 7.78. The number of nitrogen functional groups attached to an aromatic ring is 1. The van der Waals surface area contributed by atoms with Crippen LogP contribution in [0.1, 0.15) is 19.8 Å². The zero-order chi connectivity index (χ0) is 10.4. The second kappa shape index (κ2) is 2.95. The molecule has 78 valence electrons. The van der Waals surface area contributed by atoms with Crippen molar-refractivity contribution >= 4 is 27.0 Å². The van der Waals surface area contributed by atoms with Crippen LogP contribution in [-0.2, 0) is 10.0 Å². The molecule has 1 aliphatic carbocycles. The summed E-state index contributed by atoms with van der Waals surface area (Å²) in [5, 5.41) is 1.63. The maximum atomic E-state index is 11.7. The zero-order valence-corrected chi connectivity index (χ0v) is 9.41. The molecule has 1 saturated carbocycles. The van der Waals surface area contributed by atoms with Gasteiger partial charge in [0, 0.05) is 16.6 Å². The van der Waals surface area contributed by atoms with E-state index in [-0.39, 0.29) is 5.54 Å². The largest absolute Gasteiger partial charge is 0.398 e. The van der Waals surface area contributed by atoms with Crippen LogP contribution in [0.15, 0.2) is 15.7 Å². The first-order valence-corrected chi connectivity index (χ1v) is 6.66. The lowest BCUT2D eigenvalue weighted by atomic mass is 10.4. The van der Waals surface area contributed by atoms with Crippen LogP contribution in [0, 0.1) is 0 Å². The van der Waals surface area contributed by atoms with Gasteiger partial charge in [-0.05, 0) is 25.8 Å². The Morgan fingerprint density at radius 3 is 2.64 bits per heavy atom. The molecule has 2 rings (SSSR count). The Hall–Kier alpha value is -0.590. The average Bonchev–Trinajstić information content (AvgIpc) is 2.61. The standard InChI is InChI=1S/C8H12N2O2S2/c1-8(2-3-8)10-14(11,12)7-4-6(9)5-13-7/h4-5,10H,2-3,9H2,1H3. The molecule has 0 bridgehead atoms. The molecule has 6 heteroatoms. The summed E-state index contributed by atoms with van der Waals surface area (Å²) in [6, 6.07) is 1.48. The third-order valence-electron chi connectivity index (χ3n) is 2.24. The van der Waals surface area contributed by atoms with Crippen molar-refractivity contribution in [1.29, 1.82) is 0 Å². The molecule has 14 heavy (non-hydrogen) atoms. The highest BCUT2D eigenvalue weighted by molar-refractivity contribution is 7.91. The molecule has 0 saturated heterocycles. The molecule has 1 aromatic rings. The Labute approximate surface area is 87.2 Å². The van der Waals surface area contributed by atoms with Crippen LogP contribution >= 0.6 is 11.3 Å². The third-order valence-corrected chi connectivity index (χ3v) is 5.34. The summed E-state index contributed by atoms with van der Waals surface area (Å²) >= 11 is 1.15. The molecular formula is C8H12N2O2S2. The van der Waals surface area contributed by atoms with Crippen molar-refractivity contribution in [1.82, 2.24) is 4.72 Å². The molecule has 0 radical (unpaired) electrons. The van der Waals surface area contributed by atoms with Gasteiger partial charge in [-0.2, -0.15) is 0 Å². The van der Waals surface area contributed by atoms with Crippen LogP contribution in [0.3, 0.4) is 0 Å². The molecule has 0 amide bonds. The molecular weight excluding hydrogens is 220 g/mol. The number of sulfonamides is 1. The maximum Gasteiger partial charge on any atom is 0.250 e. The van der Waals surface area contributed by atoms with E-state index < -0.39 is 10.0 Å². The van der Waals surface area contributed by atoms with Crippen molar-refractivity contribution < 1.29 is 8.42 Å². The molecule has 4 nitrogen and oxygen atoms in total. The van der Waals surface area contributed by atoms with Gasteiger partial charge in [-0.25, -0.2) is 13.1 Å². The highest BCUT2D eigenvalue weighted by Crippen LogP contribution is 2.36. The topological polar surface area (TPSA) is 72.2 Å². The van der Waals surface area contributed by atoms with Gasteiger partial charge in [-0.15, -0.1) is 11.3 Å². The Morgan fingerprint density at radius 1 is 1.57 bits per heavy atom. The first-order chi connectivity index (χ1) is 6.41. The van der Waals surface area contributed by atoms with Crippen molar-refractivity contribution in [2.24, 2.45) is 0 Å². The van der Waals surface area contributed by atoms with E-state index in [0.29, 0.717) is 9.90 Å². The van der Waals surface area contributed by atoms with Crippen molar-refractivity contribution in [3.63, 3.8) is 0 Å². The van der Waals surface area contributed by atoms with Crippen molar-refractivity contribution in [3.05, 3.63) is 11.4 Å². The fourth-order valence-corrected chi connectivity index (χ4v) is 3.68. The minimum absolute atomic E-state index is 0.225. The summed E-state index contributed by atoms with van der Waals surface area (Å²) in [7, 11) is -3.35. The molecule has 0 spiro atoms. The van der Waals surface area contributed by atoms with Crippen LogP contribution in [0.25, 0.3) is 0 Å². The summed E-state index contributed by atoms with van der Waals surface area (Å²) in [5.74, 6) is 0. The highest BCUT2D eigenvalue weighted by Gasteiger charge is 2.41. The highest BCUT2D eigenvalue weighted by atomic mass is 32.2. The number of nitrogens with one attached hydrogen (secondary N) is 1. The van der Waals surface area contributed by atoms with Gasteiger partial charge < -0.3 is 5.73 Å². The normalized spacial score (nSPS) is 19.5. The van der Waals surface area contributed by atoms with Crippen molar-refractivity contribution in [2.45, 2.75) is 29.5 Å². The van der Waals surface area contributed by atoms with Crippen molar-refractivity contribution in [3.8, 4) is 0 Å². The number of thiophene rings is 1. The van der Waals surface area contributed by atoms with E-state index >= 15 is 0 Å². The summed E-state index contributed by atoms with van der Waals surface area (Å²) < 4.78 is 26.4. The molecule has 0 aliphatic heterocycles. The van der Waals surface area contributed by atoms with E-state index in [4.69, 9.17) is 5.73 Å². The number of anilines is 1. The number of hydrogen-bond donors (Lipinski definition) is 2. The van der Waals surface area contributed by atoms with Crippen LogP contribution in [0.4, 0.5) is 5.69 Å². The SMILES string of the molecule is CC1(NS(=O)(=O)c2cc(N)cs2)CC1. The second-order valence-electron chi connectivity index (χ2n) is 3.87. The summed E-state index contributed by atoms with van der Waals surface area (Å²) in [5.41, 5.74) is 5.74. The number of nitrogens with two attached hydrogens (primary N) is 1. The molecule has 0 unspecified atom stereocenters. The first kappa shape index (κ1) is 9.95. The predicted molar refractivity (Wildman–Crippen MR) is 56.7 cm³/mol. The van der Waals surface area contributed by atoms with Gasteiger partial charge in [0.15, 0.2) is 0 Å². The van der Waals surface area contributed by atoms with Gasteiger partial charge in [0.1, 0.15) is 4.21 Å². The minimum Gasteiger partial charge on any atom is -0.398 e. The monoisotopic (exact) mass is 232 g/mol. The molecule has 1 aromatic heterocycles. The summed E-state index contributed by atoms with van der Waals surface area (Å²) in [6.07, 6.45) is 1.82. The number of hydrogen-bond acceptors (Lipinski definition) is 4. The van der Waals surface area contributed by atoms with E-state index in [1.165, 1.54) is 6.07 Å².